The van der Waals surface area contributed by atoms with E-state index in [2.05, 4.69) is 10.5 Å². The number of hydrazine groups is 1. The number of hydrogen-bond donors (Lipinski definition) is 2. The van der Waals surface area contributed by atoms with Crippen LogP contribution in [0, 0.1) is 0 Å². The Bertz CT molecular complexity index is 478. The van der Waals surface area contributed by atoms with Gasteiger partial charge in [0.15, 0.2) is 0 Å². The van der Waals surface area contributed by atoms with E-state index in [1.807, 2.05) is 42.1 Å². The Morgan fingerprint density at radius 2 is 2.06 bits per heavy atom. The van der Waals surface area contributed by atoms with Crippen molar-refractivity contribution in [1.29, 1.82) is 0 Å². The monoisotopic (exact) mass is 250 g/mol. The normalized spacial score (nSPS) is 12.6. The van der Waals surface area contributed by atoms with Crippen LogP contribution in [0.2, 0.25) is 5.02 Å². The summed E-state index contributed by atoms with van der Waals surface area (Å²) in [5.41, 5.74) is 5.05. The van der Waals surface area contributed by atoms with Gasteiger partial charge in [0.1, 0.15) is 0 Å². The van der Waals surface area contributed by atoms with E-state index in [-0.39, 0.29) is 6.04 Å². The molecule has 3 N–H and O–H groups in total. The summed E-state index contributed by atoms with van der Waals surface area (Å²) in [5, 5.41) is 4.88. The second kappa shape index (κ2) is 5.31. The highest BCUT2D eigenvalue weighted by molar-refractivity contribution is 6.30. The van der Waals surface area contributed by atoms with Gasteiger partial charge in [0.05, 0.1) is 11.7 Å². The van der Waals surface area contributed by atoms with Gasteiger partial charge < -0.3 is 0 Å². The van der Waals surface area contributed by atoms with Crippen molar-refractivity contribution < 1.29 is 0 Å². The summed E-state index contributed by atoms with van der Waals surface area (Å²) in [6.45, 7) is 0. The van der Waals surface area contributed by atoms with Crippen LogP contribution >= 0.6 is 11.6 Å². The van der Waals surface area contributed by atoms with E-state index in [4.69, 9.17) is 17.4 Å². The number of nitrogens with two attached hydrogens (primary N) is 1. The van der Waals surface area contributed by atoms with E-state index >= 15 is 0 Å². The molecule has 0 saturated heterocycles. The SMILES string of the molecule is Cn1nccc1C(Cc1ccc(Cl)cc1)NN. The first kappa shape index (κ1) is 12.1. The molecule has 0 spiro atoms. The van der Waals surface area contributed by atoms with Crippen LogP contribution in [-0.4, -0.2) is 9.78 Å². The highest BCUT2D eigenvalue weighted by Gasteiger charge is 2.13. The Balaban J connectivity index is 2.16. The number of benzene rings is 1. The zero-order chi connectivity index (χ0) is 12.3. The van der Waals surface area contributed by atoms with Gasteiger partial charge in [-0.2, -0.15) is 5.10 Å². The van der Waals surface area contributed by atoms with Crippen molar-refractivity contribution in [2.75, 3.05) is 0 Å². The first-order valence-corrected chi connectivity index (χ1v) is 5.77. The lowest BCUT2D eigenvalue weighted by molar-refractivity contribution is 0.508. The molecule has 2 rings (SSSR count). The van der Waals surface area contributed by atoms with Crippen LogP contribution in [0.5, 0.6) is 0 Å². The fourth-order valence-electron chi connectivity index (χ4n) is 1.83. The van der Waals surface area contributed by atoms with Crippen LogP contribution in [0.25, 0.3) is 0 Å². The summed E-state index contributed by atoms with van der Waals surface area (Å²) in [4.78, 5) is 0. The van der Waals surface area contributed by atoms with E-state index in [0.717, 1.165) is 17.1 Å². The van der Waals surface area contributed by atoms with Gasteiger partial charge in [0, 0.05) is 18.3 Å². The Kier molecular flexibility index (Phi) is 3.78. The van der Waals surface area contributed by atoms with Gasteiger partial charge in [0.2, 0.25) is 0 Å². The van der Waals surface area contributed by atoms with Gasteiger partial charge in [-0.25, -0.2) is 0 Å². The Labute approximate surface area is 105 Å². The molecule has 1 aromatic heterocycles. The van der Waals surface area contributed by atoms with E-state index in [1.54, 1.807) is 6.20 Å². The molecule has 0 saturated carbocycles. The van der Waals surface area contributed by atoms with Crippen LogP contribution in [0.3, 0.4) is 0 Å². The summed E-state index contributed by atoms with van der Waals surface area (Å²) in [6.07, 6.45) is 2.56. The lowest BCUT2D eigenvalue weighted by Crippen LogP contribution is -2.31. The summed E-state index contributed by atoms with van der Waals surface area (Å²) in [7, 11) is 1.90. The maximum Gasteiger partial charge on any atom is 0.0669 e. The van der Waals surface area contributed by atoms with Crippen molar-refractivity contribution in [2.24, 2.45) is 12.9 Å². The van der Waals surface area contributed by atoms with Crippen molar-refractivity contribution >= 4 is 11.6 Å². The van der Waals surface area contributed by atoms with Crippen LogP contribution in [0.15, 0.2) is 36.5 Å². The minimum absolute atomic E-state index is 0.0451. The maximum absolute atomic E-state index is 5.85. The largest absolute Gasteiger partial charge is 0.271 e. The lowest BCUT2D eigenvalue weighted by Gasteiger charge is -2.16. The van der Waals surface area contributed by atoms with Gasteiger partial charge in [-0.3, -0.25) is 16.0 Å². The van der Waals surface area contributed by atoms with Crippen molar-refractivity contribution in [3.63, 3.8) is 0 Å². The Morgan fingerprint density at radius 1 is 1.35 bits per heavy atom. The van der Waals surface area contributed by atoms with Gasteiger partial charge in [-0.1, -0.05) is 23.7 Å². The highest BCUT2D eigenvalue weighted by atomic mass is 35.5. The lowest BCUT2D eigenvalue weighted by atomic mass is 10.0. The molecule has 90 valence electrons. The average Bonchev–Trinajstić information content (AvgIpc) is 2.75. The summed E-state index contributed by atoms with van der Waals surface area (Å²) in [6, 6.07) is 9.78. The van der Waals surface area contributed by atoms with Gasteiger partial charge in [-0.15, -0.1) is 0 Å². The first-order chi connectivity index (χ1) is 8.20. The van der Waals surface area contributed by atoms with Gasteiger partial charge in [-0.05, 0) is 30.2 Å². The van der Waals surface area contributed by atoms with Crippen LogP contribution < -0.4 is 11.3 Å². The molecule has 0 fully saturated rings. The summed E-state index contributed by atoms with van der Waals surface area (Å²) in [5.74, 6) is 5.59. The number of nitrogens with zero attached hydrogens (tertiary/aromatic N) is 2. The number of hydrogen-bond acceptors (Lipinski definition) is 3. The molecule has 2 aromatic rings. The van der Waals surface area contributed by atoms with E-state index < -0.39 is 0 Å². The van der Waals surface area contributed by atoms with E-state index in [0.29, 0.717) is 0 Å². The van der Waals surface area contributed by atoms with Crippen LogP contribution in [-0.2, 0) is 13.5 Å². The molecule has 0 bridgehead atoms. The summed E-state index contributed by atoms with van der Waals surface area (Å²) >= 11 is 5.85. The molecule has 0 amide bonds. The first-order valence-electron chi connectivity index (χ1n) is 5.39. The molecule has 0 aliphatic carbocycles. The van der Waals surface area contributed by atoms with Crippen LogP contribution in [0.4, 0.5) is 0 Å². The van der Waals surface area contributed by atoms with Crippen LogP contribution in [0.1, 0.15) is 17.3 Å². The predicted molar refractivity (Wildman–Crippen MR) is 68.4 cm³/mol. The average molecular weight is 251 g/mol. The highest BCUT2D eigenvalue weighted by Crippen LogP contribution is 2.18. The molecule has 1 heterocycles. The quantitative estimate of drug-likeness (QED) is 0.643. The molecular formula is C12H15ClN4. The minimum atomic E-state index is 0.0451. The molecule has 0 aliphatic rings. The zero-order valence-corrected chi connectivity index (χ0v) is 10.4. The zero-order valence-electron chi connectivity index (χ0n) is 9.60. The number of aromatic nitrogens is 2. The minimum Gasteiger partial charge on any atom is -0.271 e. The van der Waals surface area contributed by atoms with E-state index in [1.165, 1.54) is 5.56 Å². The number of aryl methyl sites for hydroxylation is 1. The number of rotatable bonds is 4. The fraction of sp³-hybridized carbons (Fsp3) is 0.250. The molecule has 0 aliphatic heterocycles. The molecule has 0 radical (unpaired) electrons. The predicted octanol–water partition coefficient (Wildman–Crippen LogP) is 1.82. The second-order valence-corrected chi connectivity index (χ2v) is 4.37. The van der Waals surface area contributed by atoms with E-state index in [9.17, 15) is 0 Å². The third-order valence-corrected chi connectivity index (χ3v) is 3.02. The van der Waals surface area contributed by atoms with Crippen molar-refractivity contribution in [3.05, 3.63) is 52.8 Å². The van der Waals surface area contributed by atoms with Gasteiger partial charge in [0.25, 0.3) is 0 Å². The van der Waals surface area contributed by atoms with Crippen molar-refractivity contribution in [2.45, 2.75) is 12.5 Å². The topological polar surface area (TPSA) is 55.9 Å². The molecule has 1 atom stereocenters. The third kappa shape index (κ3) is 2.85. The van der Waals surface area contributed by atoms with Crippen molar-refractivity contribution in [3.8, 4) is 0 Å². The number of nitrogens with one attached hydrogen (secondary N) is 1. The standard InChI is InChI=1S/C12H15ClN4/c1-17-12(6-7-15-17)11(16-14)8-9-2-4-10(13)5-3-9/h2-7,11,16H,8,14H2,1H3. The summed E-state index contributed by atoms with van der Waals surface area (Å²) < 4.78 is 1.82. The van der Waals surface area contributed by atoms with Gasteiger partial charge >= 0.3 is 0 Å². The van der Waals surface area contributed by atoms with Crippen molar-refractivity contribution in [1.82, 2.24) is 15.2 Å². The third-order valence-electron chi connectivity index (χ3n) is 2.77. The molecule has 1 aromatic carbocycles. The Hall–Kier alpha value is -1.36. The Morgan fingerprint density at radius 3 is 2.59 bits per heavy atom. The second-order valence-electron chi connectivity index (χ2n) is 3.93. The number of halogens is 1. The molecule has 4 nitrogen and oxygen atoms in total. The smallest absolute Gasteiger partial charge is 0.0669 e. The molecule has 5 heteroatoms. The molecule has 1 unspecified atom stereocenters. The molecular weight excluding hydrogens is 236 g/mol. The molecule has 17 heavy (non-hydrogen) atoms. The maximum atomic E-state index is 5.85. The fourth-order valence-corrected chi connectivity index (χ4v) is 1.96.